The fourth-order valence-electron chi connectivity index (χ4n) is 0.533. The summed E-state index contributed by atoms with van der Waals surface area (Å²) < 4.78 is 97.1. The molecule has 0 heterocycles. The first-order chi connectivity index (χ1) is 7.41. The van der Waals surface area contributed by atoms with Gasteiger partial charge in [-0.15, -0.1) is 0 Å². The van der Waals surface area contributed by atoms with Crippen molar-refractivity contribution < 1.29 is 72.3 Å². The van der Waals surface area contributed by atoms with Gasteiger partial charge in [-0.05, 0) is 0 Å². The summed E-state index contributed by atoms with van der Waals surface area (Å²) in [5.41, 5.74) is 0. The predicted octanol–water partition coefficient (Wildman–Crippen LogP) is -5.59. The van der Waals surface area contributed by atoms with Gasteiger partial charge < -0.3 is 4.55 Å². The molecule has 1 N–H and O–H groups in total. The molecule has 0 atom stereocenters. The van der Waals surface area contributed by atoms with E-state index in [1.54, 1.807) is 0 Å². The smallest absolute Gasteiger partial charge is 0.747 e. The minimum absolute atomic E-state index is 0. The fraction of sp³-hybridized carbons (Fsp3) is 1.00. The molecule has 0 spiro atoms. The van der Waals surface area contributed by atoms with Crippen LogP contribution < -0.4 is 29.6 Å². The third kappa shape index (κ3) is 32.3. The maximum absolute atomic E-state index is 10.1. The van der Waals surface area contributed by atoms with Gasteiger partial charge in [-0.3, -0.25) is 4.55 Å². The van der Waals surface area contributed by atoms with Crippen LogP contribution in [-0.2, 0) is 39.9 Å². The first-order valence-electron chi connectivity index (χ1n) is 3.65. The van der Waals surface area contributed by atoms with Gasteiger partial charge in [0.15, 0.2) is 24.8 Å². The summed E-state index contributed by atoms with van der Waals surface area (Å²) in [6, 6.07) is 0. The van der Waals surface area contributed by atoms with Gasteiger partial charge in [0, 0.05) is 12.5 Å². The molecule has 112 valence electrons. The van der Waals surface area contributed by atoms with Crippen LogP contribution in [0.25, 0.3) is 0 Å². The van der Waals surface area contributed by atoms with Crippen molar-refractivity contribution in [2.75, 3.05) is 22.7 Å². The van der Waals surface area contributed by atoms with E-state index in [1.807, 2.05) is 0 Å². The van der Waals surface area contributed by atoms with Gasteiger partial charge in [0.05, 0.1) is 0 Å². The Kier molecular flexibility index (Phi) is 10.7. The Morgan fingerprint density at radius 1 is 0.789 bits per heavy atom. The van der Waals surface area contributed by atoms with Crippen LogP contribution in [0.1, 0.15) is 0 Å². The van der Waals surface area contributed by atoms with E-state index in [0.29, 0.717) is 6.26 Å². The minimum atomic E-state index is -4.62. The number of hydrogen-bond acceptors (Lipinski definition) is 9. The SMILES string of the molecule is CS(=O)(=O)CS(=O)(=O)O.CS(=O)(=O)CS(=O)(=O)[O-].[Na+]. The van der Waals surface area contributed by atoms with Gasteiger partial charge >= 0.3 is 29.6 Å². The molecule has 0 aromatic heterocycles. The summed E-state index contributed by atoms with van der Waals surface area (Å²) in [5, 5.41) is -2.53. The first kappa shape index (κ1) is 24.7. The van der Waals surface area contributed by atoms with E-state index in [4.69, 9.17) is 4.55 Å². The van der Waals surface area contributed by atoms with Crippen LogP contribution in [0.5, 0.6) is 0 Å². The predicted molar refractivity (Wildman–Crippen MR) is 60.7 cm³/mol. The van der Waals surface area contributed by atoms with Crippen molar-refractivity contribution in [1.29, 1.82) is 0 Å². The monoisotopic (exact) mass is 370 g/mol. The average Bonchev–Trinajstić information content (AvgIpc) is 1.64. The van der Waals surface area contributed by atoms with Gasteiger partial charge in [-0.1, -0.05) is 0 Å². The third-order valence-electron chi connectivity index (χ3n) is 0.721. The second kappa shape index (κ2) is 8.23. The molecule has 0 rings (SSSR count). The normalized spacial score (nSPS) is 12.8. The van der Waals surface area contributed by atoms with Crippen LogP contribution >= 0.6 is 0 Å². The number of rotatable bonds is 4. The Balaban J connectivity index is -0.000000256. The summed E-state index contributed by atoms with van der Waals surface area (Å²) >= 11 is 0. The van der Waals surface area contributed by atoms with Crippen LogP contribution in [0, 0.1) is 0 Å². The second-order valence-corrected chi connectivity index (χ2v) is 11.1. The third-order valence-corrected chi connectivity index (χ3v) is 6.49. The summed E-state index contributed by atoms with van der Waals surface area (Å²) in [6.45, 7) is 0. The van der Waals surface area contributed by atoms with Crippen molar-refractivity contribution in [2.24, 2.45) is 0 Å². The summed E-state index contributed by atoms with van der Waals surface area (Å²) in [4.78, 5) is 0. The Labute approximate surface area is 134 Å². The molecule has 0 aromatic rings. The molecular formula is C4H11NaO10S4. The first-order valence-corrected chi connectivity index (χ1v) is 11.0. The van der Waals surface area contributed by atoms with E-state index in [0.717, 1.165) is 6.26 Å². The molecule has 0 amide bonds. The van der Waals surface area contributed by atoms with E-state index in [2.05, 4.69) is 0 Å². The van der Waals surface area contributed by atoms with Gasteiger partial charge in [-0.25, -0.2) is 25.3 Å². The second-order valence-electron chi connectivity index (χ2n) is 3.23. The quantitative estimate of drug-likeness (QED) is 0.370. The van der Waals surface area contributed by atoms with Crippen LogP contribution in [0.4, 0.5) is 0 Å². The molecule has 0 aliphatic rings. The van der Waals surface area contributed by atoms with E-state index in [9.17, 15) is 38.2 Å². The molecule has 0 bridgehead atoms. The van der Waals surface area contributed by atoms with E-state index < -0.39 is 50.1 Å². The fourth-order valence-corrected chi connectivity index (χ4v) is 4.79. The largest absolute Gasteiger partial charge is 1.00 e. The van der Waals surface area contributed by atoms with Gasteiger partial charge in [-0.2, -0.15) is 8.42 Å². The summed E-state index contributed by atoms with van der Waals surface area (Å²) in [5.74, 6) is 0. The Bertz CT molecular complexity index is 544. The average molecular weight is 370 g/mol. The molecule has 0 unspecified atom stereocenters. The van der Waals surface area contributed by atoms with Crippen molar-refractivity contribution in [3.8, 4) is 0 Å². The Morgan fingerprint density at radius 3 is 1.05 bits per heavy atom. The van der Waals surface area contributed by atoms with Crippen LogP contribution in [0.2, 0.25) is 0 Å². The molecule has 0 aliphatic heterocycles. The summed E-state index contributed by atoms with van der Waals surface area (Å²) in [7, 11) is -16.3. The Hall–Kier alpha value is 0.720. The maximum Gasteiger partial charge on any atom is 1.00 e. The standard InChI is InChI=1S/2C2H6O5S2.Na/c2*1-8(3,4)2-9(5,6)7;/h2*2H2,1H3,(H,5,6,7);/q;;+1/p-1. The van der Waals surface area contributed by atoms with Gasteiger partial charge in [0.1, 0.15) is 15.2 Å². The zero-order valence-corrected chi connectivity index (χ0v) is 15.4. The molecule has 0 radical (unpaired) electrons. The molecular weight excluding hydrogens is 359 g/mol. The maximum atomic E-state index is 10.1. The number of sulfone groups is 2. The topological polar surface area (TPSA) is 180 Å². The van der Waals surface area contributed by atoms with Crippen LogP contribution in [-0.4, -0.2) is 65.5 Å². The molecule has 0 saturated heterocycles. The molecule has 0 aromatic carbocycles. The van der Waals surface area contributed by atoms with Gasteiger partial charge in [0.25, 0.3) is 10.1 Å². The van der Waals surface area contributed by atoms with Crippen LogP contribution in [0.3, 0.4) is 0 Å². The van der Waals surface area contributed by atoms with E-state index in [1.165, 1.54) is 0 Å². The van der Waals surface area contributed by atoms with Crippen molar-refractivity contribution >= 4 is 39.9 Å². The minimum Gasteiger partial charge on any atom is -0.747 e. The molecule has 0 aliphatic carbocycles. The zero-order valence-electron chi connectivity index (χ0n) is 10.2. The van der Waals surface area contributed by atoms with Crippen molar-refractivity contribution in [3.63, 3.8) is 0 Å². The van der Waals surface area contributed by atoms with Gasteiger partial charge in [0.2, 0.25) is 0 Å². The number of hydrogen-bond donors (Lipinski definition) is 1. The van der Waals surface area contributed by atoms with Crippen molar-refractivity contribution in [3.05, 3.63) is 0 Å². The van der Waals surface area contributed by atoms with E-state index in [-0.39, 0.29) is 29.6 Å². The molecule has 19 heavy (non-hydrogen) atoms. The molecule has 0 fully saturated rings. The van der Waals surface area contributed by atoms with Crippen molar-refractivity contribution in [1.82, 2.24) is 0 Å². The molecule has 15 heteroatoms. The molecule has 0 saturated carbocycles. The molecule has 10 nitrogen and oxygen atoms in total. The van der Waals surface area contributed by atoms with Crippen LogP contribution in [0.15, 0.2) is 0 Å². The summed E-state index contributed by atoms with van der Waals surface area (Å²) in [6.07, 6.45) is 1.41. The zero-order chi connectivity index (χ0) is 15.4. The Morgan fingerprint density at radius 2 is 1.05 bits per heavy atom. The van der Waals surface area contributed by atoms with E-state index >= 15 is 0 Å². The van der Waals surface area contributed by atoms with Crippen molar-refractivity contribution in [2.45, 2.75) is 0 Å².